The van der Waals surface area contributed by atoms with E-state index >= 15 is 0 Å². The molecule has 0 saturated heterocycles. The average molecular weight is 191 g/mol. The molecule has 0 unspecified atom stereocenters. The predicted molar refractivity (Wildman–Crippen MR) is 42.9 cm³/mol. The topological polar surface area (TPSA) is 17.1 Å². The van der Waals surface area contributed by atoms with Gasteiger partial charge in [-0.2, -0.15) is 19.9 Å². The van der Waals surface area contributed by atoms with Crippen LogP contribution in [0.4, 0.5) is 0 Å². The molecule has 2 heteroatoms. The first-order valence-corrected chi connectivity index (χ1v) is 3.86. The van der Waals surface area contributed by atoms with E-state index in [1.165, 1.54) is 4.79 Å². The van der Waals surface area contributed by atoms with E-state index in [0.29, 0.717) is 0 Å². The molecule has 0 bridgehead atoms. The molecule has 0 spiro atoms. The molecule has 0 atom stereocenters. The van der Waals surface area contributed by atoms with E-state index in [0.717, 1.165) is 6.42 Å². The second kappa shape index (κ2) is 16.3. The van der Waals surface area contributed by atoms with Crippen molar-refractivity contribution in [2.45, 2.75) is 20.3 Å². The van der Waals surface area contributed by atoms with E-state index < -0.39 is 0 Å². The van der Waals surface area contributed by atoms with Gasteiger partial charge >= 0.3 is 25.2 Å². The molecule has 63 valence electrons. The largest absolute Gasteiger partial charge is 0.273 e. The third-order valence-electron chi connectivity index (χ3n) is 0.586. The first kappa shape index (κ1) is 13.2. The van der Waals surface area contributed by atoms with Crippen molar-refractivity contribution < 1.29 is 20.4 Å². The van der Waals surface area contributed by atoms with Crippen LogP contribution < -0.4 is 0 Å². The fraction of sp³-hybridized carbons (Fsp3) is 0.333. The Morgan fingerprint density at radius 1 is 1.64 bits per heavy atom. The molecule has 11 heavy (non-hydrogen) atoms. The standard InChI is InChI=1S/C5H5.C3H7.CO.Mn/c1-2-4-5-3-1;1-3-2;1-2;/h1-3H,4H2;3H,1-2H3;;/q2*-1;;. The van der Waals surface area contributed by atoms with Gasteiger partial charge in [-0.25, -0.2) is 12.2 Å². The van der Waals surface area contributed by atoms with Crippen LogP contribution in [0, 0.1) is 12.5 Å². The van der Waals surface area contributed by atoms with E-state index in [-0.39, 0.29) is 0 Å². The molecule has 0 radical (unpaired) electrons. The first-order chi connectivity index (χ1) is 5.33. The van der Waals surface area contributed by atoms with Gasteiger partial charge in [-0.1, -0.05) is 0 Å². The predicted octanol–water partition coefficient (Wildman–Crippen LogP) is 2.14. The van der Waals surface area contributed by atoms with Crippen LogP contribution in [0.3, 0.4) is 0 Å². The van der Waals surface area contributed by atoms with Crippen LogP contribution in [0.5, 0.6) is 0 Å². The third kappa shape index (κ3) is 26.2. The summed E-state index contributed by atoms with van der Waals surface area (Å²) >= 11 is 2.34. The Morgan fingerprint density at radius 2 is 2.09 bits per heavy atom. The van der Waals surface area contributed by atoms with E-state index in [1.807, 2.05) is 32.4 Å². The molecule has 1 rings (SSSR count). The fourth-order valence-corrected chi connectivity index (χ4v) is 0.340. The summed E-state index contributed by atoms with van der Waals surface area (Å²) in [4.78, 5) is 9.91. The number of hydrogen-bond acceptors (Lipinski definition) is 1. The summed E-state index contributed by atoms with van der Waals surface area (Å²) < 4.78 is 0. The third-order valence-corrected chi connectivity index (χ3v) is 0.586. The van der Waals surface area contributed by atoms with Crippen molar-refractivity contribution in [3.05, 3.63) is 30.7 Å². The average Bonchev–Trinajstić information content (AvgIpc) is 2.44. The number of hydrogen-bond donors (Lipinski definition) is 0. The molecule has 0 fully saturated rings. The van der Waals surface area contributed by atoms with Crippen LogP contribution in [0.1, 0.15) is 20.3 Å². The summed E-state index contributed by atoms with van der Waals surface area (Å²) in [6.45, 7) is 4.00. The maximum absolute atomic E-state index is 8.60. The normalized spacial score (nSPS) is 10.4. The Kier molecular flexibility index (Phi) is 19.5. The minimum atomic E-state index is 1.01. The van der Waals surface area contributed by atoms with Gasteiger partial charge in [0.05, 0.1) is 0 Å². The second-order valence-corrected chi connectivity index (χ2v) is 1.90. The molecule has 1 aliphatic rings. The molecule has 0 aromatic rings. The Labute approximate surface area is 76.5 Å². The molecule has 0 saturated carbocycles. The summed E-state index contributed by atoms with van der Waals surface area (Å²) in [5, 5.41) is 0. The van der Waals surface area contributed by atoms with Crippen LogP contribution in [0.2, 0.25) is 0 Å². The van der Waals surface area contributed by atoms with Crippen LogP contribution in [-0.2, 0) is 20.4 Å². The van der Waals surface area contributed by atoms with E-state index in [9.17, 15) is 0 Å². The molecule has 1 aliphatic carbocycles. The molecule has 0 N–H and O–H groups in total. The maximum Gasteiger partial charge on any atom is -0.109 e. The minimum absolute atomic E-state index is 1.01. The van der Waals surface area contributed by atoms with Crippen LogP contribution >= 0.6 is 0 Å². The van der Waals surface area contributed by atoms with Gasteiger partial charge in [-0.05, 0) is 0 Å². The van der Waals surface area contributed by atoms with Crippen LogP contribution in [0.25, 0.3) is 0 Å². The van der Waals surface area contributed by atoms with Gasteiger partial charge in [-0.3, -0.25) is 6.08 Å². The molecule has 0 heterocycles. The summed E-state index contributed by atoms with van der Waals surface area (Å²) in [6, 6.07) is 0. The molecular formula is C9H12MnO-2. The molecular weight excluding hydrogens is 179 g/mol. The zero-order chi connectivity index (χ0) is 8.95. The first-order valence-electron chi connectivity index (χ1n) is 3.26. The van der Waals surface area contributed by atoms with Crippen molar-refractivity contribution in [2.24, 2.45) is 0 Å². The maximum atomic E-state index is 8.60. The molecule has 1 nitrogen and oxygen atoms in total. The van der Waals surface area contributed by atoms with E-state index in [1.54, 1.807) is 0 Å². The number of carbonyl (C=O) groups excluding carboxylic acids is 1. The Morgan fingerprint density at radius 3 is 2.18 bits per heavy atom. The van der Waals surface area contributed by atoms with Crippen LogP contribution in [0.15, 0.2) is 18.2 Å². The zero-order valence-corrected chi connectivity index (χ0v) is 7.98. The van der Waals surface area contributed by atoms with Gasteiger partial charge in [0.15, 0.2) is 0 Å². The SMILES string of the molecule is C[CH-]C.O=[C]=[Mn].[C-]1=CC=CC1. The summed E-state index contributed by atoms with van der Waals surface area (Å²) in [5.74, 6) is 0. The van der Waals surface area contributed by atoms with Gasteiger partial charge in [0.2, 0.25) is 0 Å². The quantitative estimate of drug-likeness (QED) is 0.423. The second-order valence-electron chi connectivity index (χ2n) is 1.66. The summed E-state index contributed by atoms with van der Waals surface area (Å²) in [6.07, 6.45) is 12.0. The van der Waals surface area contributed by atoms with Crippen molar-refractivity contribution >= 4 is 4.79 Å². The Hall–Kier alpha value is -0.421. The van der Waals surface area contributed by atoms with Gasteiger partial charge in [0, 0.05) is 0 Å². The fourth-order valence-electron chi connectivity index (χ4n) is 0.340. The summed E-state index contributed by atoms with van der Waals surface area (Å²) in [7, 11) is 0. The number of rotatable bonds is 0. The molecule has 0 amide bonds. The number of allylic oxidation sites excluding steroid dienone is 4. The van der Waals surface area contributed by atoms with Gasteiger partial charge < -0.3 is 6.42 Å². The summed E-state index contributed by atoms with van der Waals surface area (Å²) in [5.41, 5.74) is 0. The van der Waals surface area contributed by atoms with Crippen molar-refractivity contribution in [1.82, 2.24) is 0 Å². The van der Waals surface area contributed by atoms with Crippen molar-refractivity contribution in [3.8, 4) is 0 Å². The molecule has 0 aromatic heterocycles. The molecule has 0 aromatic carbocycles. The van der Waals surface area contributed by atoms with Gasteiger partial charge in [0.1, 0.15) is 0 Å². The smallest absolute Gasteiger partial charge is 0.109 e. The van der Waals surface area contributed by atoms with Crippen molar-refractivity contribution in [2.75, 3.05) is 0 Å². The van der Waals surface area contributed by atoms with Gasteiger partial charge in [0.25, 0.3) is 0 Å². The van der Waals surface area contributed by atoms with Crippen molar-refractivity contribution in [1.29, 1.82) is 0 Å². The van der Waals surface area contributed by atoms with Gasteiger partial charge in [-0.15, -0.1) is 6.42 Å². The Balaban J connectivity index is 0. The van der Waals surface area contributed by atoms with Crippen LogP contribution in [-0.4, -0.2) is 4.79 Å². The zero-order valence-electron chi connectivity index (χ0n) is 6.80. The monoisotopic (exact) mass is 191 g/mol. The molecule has 0 aliphatic heterocycles. The minimum Gasteiger partial charge on any atom is -0.273 e. The van der Waals surface area contributed by atoms with E-state index in [4.69, 9.17) is 4.79 Å². The van der Waals surface area contributed by atoms with E-state index in [2.05, 4.69) is 27.7 Å². The van der Waals surface area contributed by atoms with Crippen molar-refractivity contribution in [3.63, 3.8) is 0 Å². The Bertz CT molecular complexity index is 132.